The number of aromatic nitrogens is 1. The van der Waals surface area contributed by atoms with Gasteiger partial charge in [-0.15, -0.1) is 9.93 Å². The lowest BCUT2D eigenvalue weighted by Crippen LogP contribution is -2.24. The van der Waals surface area contributed by atoms with Crippen molar-refractivity contribution in [1.82, 2.24) is 9.82 Å². The smallest absolute Gasteiger partial charge is 0.208 e. The van der Waals surface area contributed by atoms with Crippen LogP contribution in [0.25, 0.3) is 0 Å². The lowest BCUT2D eigenvalue weighted by Gasteiger charge is -2.11. The maximum atomic E-state index is 11.1. The fourth-order valence-electron chi connectivity index (χ4n) is 0.841. The topological polar surface area (TPSA) is 60.3 Å². The van der Waals surface area contributed by atoms with Gasteiger partial charge in [0.05, 0.1) is 6.21 Å². The second-order valence-corrected chi connectivity index (χ2v) is 3.16. The highest BCUT2D eigenvalue weighted by molar-refractivity contribution is 7.89. The molecule has 0 spiro atoms. The summed E-state index contributed by atoms with van der Waals surface area (Å²) in [5, 5.41) is 3.66. The number of pyridine rings is 1. The van der Waals surface area contributed by atoms with Crippen LogP contribution in [0.15, 0.2) is 28.3 Å². The van der Waals surface area contributed by atoms with E-state index in [0.29, 0.717) is 10.6 Å². The zero-order chi connectivity index (χ0) is 7.68. The molecule has 1 aliphatic heterocycles. The molecule has 1 unspecified atom stereocenters. The van der Waals surface area contributed by atoms with E-state index < -0.39 is 11.4 Å². The minimum absolute atomic E-state index is 0.671. The van der Waals surface area contributed by atoms with Crippen molar-refractivity contribution >= 4 is 17.6 Å². The molecule has 1 atom stereocenters. The lowest BCUT2D eigenvalue weighted by molar-refractivity contribution is 0.581. The fraction of sp³-hybridized carbons (Fsp3) is 0. The van der Waals surface area contributed by atoms with E-state index in [-0.39, 0.29) is 0 Å². The minimum atomic E-state index is -1.23. The van der Waals surface area contributed by atoms with Gasteiger partial charge in [-0.2, -0.15) is 0 Å². The molecule has 1 aromatic rings. The van der Waals surface area contributed by atoms with Gasteiger partial charge in [0.1, 0.15) is 17.1 Å². The van der Waals surface area contributed by atoms with E-state index in [2.05, 4.69) is 14.9 Å². The fourth-order valence-corrected chi connectivity index (χ4v) is 1.59. The third kappa shape index (κ3) is 1.08. The standard InChI is InChI=1S/C6H5N3OS/c10-11-6-2-1-3-7-5(6)4-8-9-11/h1-4,9H. The van der Waals surface area contributed by atoms with Crippen LogP contribution in [0.1, 0.15) is 5.69 Å². The van der Waals surface area contributed by atoms with E-state index in [1.807, 2.05) is 0 Å². The zero-order valence-corrected chi connectivity index (χ0v) is 6.34. The van der Waals surface area contributed by atoms with Crippen LogP contribution in [0.3, 0.4) is 0 Å². The van der Waals surface area contributed by atoms with Crippen molar-refractivity contribution in [3.63, 3.8) is 0 Å². The summed E-state index contributed by atoms with van der Waals surface area (Å²) in [5.41, 5.74) is 0.671. The number of hydrogen-bond acceptors (Lipinski definition) is 4. The van der Waals surface area contributed by atoms with Gasteiger partial charge in [-0.1, -0.05) is 0 Å². The molecule has 0 fully saturated rings. The van der Waals surface area contributed by atoms with Crippen molar-refractivity contribution in [3.05, 3.63) is 24.0 Å². The summed E-state index contributed by atoms with van der Waals surface area (Å²) in [5.74, 6) is 0. The van der Waals surface area contributed by atoms with Crippen LogP contribution < -0.4 is 4.83 Å². The Morgan fingerprint density at radius 2 is 2.45 bits per heavy atom. The Balaban J connectivity index is 2.54. The van der Waals surface area contributed by atoms with E-state index in [0.717, 1.165) is 0 Å². The summed E-state index contributed by atoms with van der Waals surface area (Å²) in [6, 6.07) is 3.51. The minimum Gasteiger partial charge on any atom is -0.587 e. The SMILES string of the molecule is [O-][S+]1NN=Cc2ncccc21. The maximum absolute atomic E-state index is 11.1. The van der Waals surface area contributed by atoms with Crippen LogP contribution in [0.2, 0.25) is 0 Å². The predicted molar refractivity (Wildman–Crippen MR) is 41.4 cm³/mol. The quantitative estimate of drug-likeness (QED) is 0.555. The number of rotatable bonds is 0. The highest BCUT2D eigenvalue weighted by atomic mass is 32.2. The molecule has 11 heavy (non-hydrogen) atoms. The second kappa shape index (κ2) is 2.52. The van der Waals surface area contributed by atoms with Crippen LogP contribution in [0.4, 0.5) is 0 Å². The molecule has 1 aromatic heterocycles. The van der Waals surface area contributed by atoms with Crippen LogP contribution in [-0.4, -0.2) is 15.8 Å². The molecule has 1 aliphatic rings. The normalized spacial score (nSPS) is 20.6. The maximum Gasteiger partial charge on any atom is 0.208 e. The largest absolute Gasteiger partial charge is 0.587 e. The first-order chi connectivity index (χ1) is 5.38. The average Bonchev–Trinajstić information content (AvgIpc) is 2.06. The monoisotopic (exact) mass is 167 g/mol. The van der Waals surface area contributed by atoms with E-state index in [1.54, 1.807) is 24.5 Å². The third-order valence-corrected chi connectivity index (χ3v) is 2.34. The molecule has 2 rings (SSSR count). The van der Waals surface area contributed by atoms with E-state index >= 15 is 0 Å². The zero-order valence-electron chi connectivity index (χ0n) is 5.52. The molecule has 0 radical (unpaired) electrons. The Bertz CT molecular complexity index is 302. The number of nitrogens with zero attached hydrogens (tertiary/aromatic N) is 2. The summed E-state index contributed by atoms with van der Waals surface area (Å²) in [6.07, 6.45) is 3.20. The summed E-state index contributed by atoms with van der Waals surface area (Å²) < 4.78 is 11.1. The Morgan fingerprint density at radius 1 is 1.55 bits per heavy atom. The van der Waals surface area contributed by atoms with Gasteiger partial charge in [0, 0.05) is 6.20 Å². The molecule has 0 aromatic carbocycles. The van der Waals surface area contributed by atoms with Crippen LogP contribution >= 0.6 is 0 Å². The van der Waals surface area contributed by atoms with Crippen molar-refractivity contribution in [2.45, 2.75) is 4.90 Å². The summed E-state index contributed by atoms with van der Waals surface area (Å²) >= 11 is -1.23. The molecular formula is C6H5N3OS. The van der Waals surface area contributed by atoms with Crippen LogP contribution in [0.5, 0.6) is 0 Å². The molecule has 0 amide bonds. The number of hydrazone groups is 1. The van der Waals surface area contributed by atoms with E-state index in [4.69, 9.17) is 0 Å². The summed E-state index contributed by atoms with van der Waals surface area (Å²) in [4.78, 5) is 7.11. The van der Waals surface area contributed by atoms with Gasteiger partial charge in [0.2, 0.25) is 4.90 Å². The first-order valence-corrected chi connectivity index (χ1v) is 4.18. The van der Waals surface area contributed by atoms with Gasteiger partial charge < -0.3 is 4.55 Å². The van der Waals surface area contributed by atoms with Crippen molar-refractivity contribution in [1.29, 1.82) is 0 Å². The molecule has 4 nitrogen and oxygen atoms in total. The highest BCUT2D eigenvalue weighted by Crippen LogP contribution is 2.13. The third-order valence-electron chi connectivity index (χ3n) is 1.32. The number of hydrogen-bond donors (Lipinski definition) is 1. The summed E-state index contributed by atoms with van der Waals surface area (Å²) in [7, 11) is 0. The molecule has 56 valence electrons. The molecule has 2 heterocycles. The Hall–Kier alpha value is -1.07. The van der Waals surface area contributed by atoms with Gasteiger partial charge >= 0.3 is 0 Å². The lowest BCUT2D eigenvalue weighted by atomic mass is 10.4. The second-order valence-electron chi connectivity index (χ2n) is 2.00. The average molecular weight is 167 g/mol. The van der Waals surface area contributed by atoms with E-state index in [9.17, 15) is 4.55 Å². The molecule has 0 bridgehead atoms. The highest BCUT2D eigenvalue weighted by Gasteiger charge is 2.18. The first kappa shape index (κ1) is 6.63. The number of nitrogens with one attached hydrogen (secondary N) is 1. The molecule has 0 saturated heterocycles. The van der Waals surface area contributed by atoms with Gasteiger partial charge in [0.25, 0.3) is 0 Å². The van der Waals surface area contributed by atoms with Gasteiger partial charge in [-0.25, -0.2) is 4.98 Å². The molecule has 1 N–H and O–H groups in total. The molecule has 0 aliphatic carbocycles. The van der Waals surface area contributed by atoms with Gasteiger partial charge in [0.15, 0.2) is 0 Å². The van der Waals surface area contributed by atoms with Crippen molar-refractivity contribution < 1.29 is 4.55 Å². The van der Waals surface area contributed by atoms with E-state index in [1.165, 1.54) is 0 Å². The molecular weight excluding hydrogens is 162 g/mol. The number of fused-ring (bicyclic) bond motifs is 1. The molecule has 0 saturated carbocycles. The Kier molecular flexibility index (Phi) is 1.52. The molecule has 5 heteroatoms. The Labute approximate surface area is 66.7 Å². The van der Waals surface area contributed by atoms with Crippen LogP contribution in [0, 0.1) is 0 Å². The van der Waals surface area contributed by atoms with Crippen molar-refractivity contribution in [3.8, 4) is 0 Å². The Morgan fingerprint density at radius 3 is 3.27 bits per heavy atom. The van der Waals surface area contributed by atoms with Crippen molar-refractivity contribution in [2.75, 3.05) is 0 Å². The predicted octanol–water partition coefficient (Wildman–Crippen LogP) is 0.0413. The first-order valence-electron chi connectivity index (χ1n) is 3.03. The summed E-state index contributed by atoms with van der Waals surface area (Å²) in [6.45, 7) is 0. The van der Waals surface area contributed by atoms with Crippen molar-refractivity contribution in [2.24, 2.45) is 5.10 Å². The van der Waals surface area contributed by atoms with Gasteiger partial charge in [-0.3, -0.25) is 0 Å². The van der Waals surface area contributed by atoms with Gasteiger partial charge in [-0.05, 0) is 12.1 Å². The van der Waals surface area contributed by atoms with Crippen LogP contribution in [-0.2, 0) is 11.4 Å².